The number of nitrogens with one attached hydrogen (secondary N) is 2. The number of H-pyrrole nitrogens is 1. The first kappa shape index (κ1) is 12.8. The van der Waals surface area contributed by atoms with Crippen molar-refractivity contribution in [3.8, 4) is 0 Å². The number of aryl methyl sites for hydroxylation is 1. The predicted molar refractivity (Wildman–Crippen MR) is 67.5 cm³/mol. The second-order valence-corrected chi connectivity index (χ2v) is 4.83. The zero-order valence-electron chi connectivity index (χ0n) is 10.4. The Balaban J connectivity index is 2.09. The number of aliphatic hydroxyl groups is 1. The van der Waals surface area contributed by atoms with Gasteiger partial charge >= 0.3 is 0 Å². The molecule has 1 aromatic rings. The van der Waals surface area contributed by atoms with E-state index in [0.717, 1.165) is 19.3 Å². The van der Waals surface area contributed by atoms with Crippen molar-refractivity contribution in [3.63, 3.8) is 0 Å². The summed E-state index contributed by atoms with van der Waals surface area (Å²) >= 11 is 0. The van der Waals surface area contributed by atoms with Gasteiger partial charge in [-0.25, -0.2) is 0 Å². The largest absolute Gasteiger partial charge is 0.391 e. The summed E-state index contributed by atoms with van der Waals surface area (Å²) < 4.78 is 0. The molecular formula is C13H18N2O3. The lowest BCUT2D eigenvalue weighted by Crippen LogP contribution is -2.46. The summed E-state index contributed by atoms with van der Waals surface area (Å²) in [5.74, 6) is -0.415. The Bertz CT molecular complexity index is 495. The normalized spacial score (nSPS) is 23.7. The molecule has 18 heavy (non-hydrogen) atoms. The van der Waals surface area contributed by atoms with E-state index in [9.17, 15) is 14.7 Å². The highest BCUT2D eigenvalue weighted by molar-refractivity contribution is 5.94. The number of hydrogen-bond donors (Lipinski definition) is 3. The molecule has 5 heteroatoms. The molecular weight excluding hydrogens is 232 g/mol. The molecule has 2 rings (SSSR count). The van der Waals surface area contributed by atoms with Gasteiger partial charge in [-0.1, -0.05) is 12.8 Å². The maximum absolute atomic E-state index is 11.9. The molecule has 1 aromatic heterocycles. The lowest BCUT2D eigenvalue weighted by Gasteiger charge is -2.28. The molecule has 0 saturated heterocycles. The Labute approximate surface area is 105 Å². The fraction of sp³-hybridized carbons (Fsp3) is 0.538. The van der Waals surface area contributed by atoms with Crippen LogP contribution in [0.1, 0.15) is 41.7 Å². The molecule has 1 fully saturated rings. The molecule has 1 heterocycles. The molecule has 0 radical (unpaired) electrons. The fourth-order valence-electron chi connectivity index (χ4n) is 2.28. The summed E-state index contributed by atoms with van der Waals surface area (Å²) in [4.78, 5) is 26.5. The van der Waals surface area contributed by atoms with Gasteiger partial charge in [0.2, 0.25) is 0 Å². The molecule has 0 aliphatic heterocycles. The van der Waals surface area contributed by atoms with E-state index in [1.165, 1.54) is 12.3 Å². The van der Waals surface area contributed by atoms with E-state index >= 15 is 0 Å². The third-order valence-corrected chi connectivity index (χ3v) is 3.35. The lowest BCUT2D eigenvalue weighted by molar-refractivity contribution is 0.0716. The average molecular weight is 250 g/mol. The van der Waals surface area contributed by atoms with Gasteiger partial charge in [0.05, 0.1) is 12.1 Å². The highest BCUT2D eigenvalue weighted by Crippen LogP contribution is 2.18. The topological polar surface area (TPSA) is 82.2 Å². The number of aromatic nitrogens is 1. The van der Waals surface area contributed by atoms with Gasteiger partial charge in [0.15, 0.2) is 5.43 Å². The summed E-state index contributed by atoms with van der Waals surface area (Å²) in [6.07, 6.45) is 4.35. The number of rotatable bonds is 2. The zero-order valence-corrected chi connectivity index (χ0v) is 10.4. The molecule has 1 aliphatic rings. The van der Waals surface area contributed by atoms with Crippen LogP contribution in [0.5, 0.6) is 0 Å². The van der Waals surface area contributed by atoms with Gasteiger partial charge in [0.1, 0.15) is 5.56 Å². The molecule has 98 valence electrons. The summed E-state index contributed by atoms with van der Waals surface area (Å²) in [5, 5.41) is 12.5. The Morgan fingerprint density at radius 3 is 2.83 bits per heavy atom. The number of amides is 1. The molecule has 0 aromatic carbocycles. The quantitative estimate of drug-likeness (QED) is 0.723. The van der Waals surface area contributed by atoms with Crippen molar-refractivity contribution in [1.82, 2.24) is 10.3 Å². The van der Waals surface area contributed by atoms with Gasteiger partial charge in [-0.05, 0) is 19.8 Å². The minimum absolute atomic E-state index is 0.0957. The van der Waals surface area contributed by atoms with Crippen LogP contribution in [-0.2, 0) is 0 Å². The van der Waals surface area contributed by atoms with Gasteiger partial charge in [0.25, 0.3) is 5.91 Å². The summed E-state index contributed by atoms with van der Waals surface area (Å²) in [5.41, 5.74) is 0.515. The second kappa shape index (κ2) is 5.35. The van der Waals surface area contributed by atoms with Crippen molar-refractivity contribution in [2.24, 2.45) is 0 Å². The van der Waals surface area contributed by atoms with Crippen LogP contribution in [0.25, 0.3) is 0 Å². The van der Waals surface area contributed by atoms with Gasteiger partial charge in [-0.15, -0.1) is 0 Å². The molecule has 3 N–H and O–H groups in total. The molecule has 0 spiro atoms. The monoisotopic (exact) mass is 250 g/mol. The number of aliphatic hydroxyl groups excluding tert-OH is 1. The highest BCUT2D eigenvalue weighted by Gasteiger charge is 2.25. The van der Waals surface area contributed by atoms with Crippen LogP contribution in [0.15, 0.2) is 17.1 Å². The van der Waals surface area contributed by atoms with Crippen molar-refractivity contribution < 1.29 is 9.90 Å². The summed E-state index contributed by atoms with van der Waals surface area (Å²) in [6.45, 7) is 1.76. The van der Waals surface area contributed by atoms with Gasteiger partial charge in [-0.2, -0.15) is 0 Å². The van der Waals surface area contributed by atoms with E-state index in [2.05, 4.69) is 10.3 Å². The van der Waals surface area contributed by atoms with Gasteiger partial charge in [-0.3, -0.25) is 9.59 Å². The SMILES string of the molecule is Cc1cc(=O)c(C(=O)NC2CCCCC2O)c[nH]1. The number of carbonyl (C=O) groups is 1. The van der Waals surface area contributed by atoms with E-state index in [-0.39, 0.29) is 17.0 Å². The Morgan fingerprint density at radius 2 is 2.17 bits per heavy atom. The number of pyridine rings is 1. The van der Waals surface area contributed by atoms with E-state index in [1.807, 2.05) is 0 Å². The van der Waals surface area contributed by atoms with Crippen molar-refractivity contribution in [2.45, 2.75) is 44.8 Å². The maximum atomic E-state index is 11.9. The Morgan fingerprint density at radius 1 is 1.44 bits per heavy atom. The van der Waals surface area contributed by atoms with E-state index in [4.69, 9.17) is 0 Å². The molecule has 2 unspecified atom stereocenters. The van der Waals surface area contributed by atoms with E-state index in [1.54, 1.807) is 6.92 Å². The fourth-order valence-corrected chi connectivity index (χ4v) is 2.28. The lowest BCUT2D eigenvalue weighted by atomic mass is 9.92. The van der Waals surface area contributed by atoms with Crippen LogP contribution in [0, 0.1) is 6.92 Å². The van der Waals surface area contributed by atoms with E-state index in [0.29, 0.717) is 12.1 Å². The first-order valence-electron chi connectivity index (χ1n) is 6.26. The van der Waals surface area contributed by atoms with Crippen LogP contribution < -0.4 is 10.7 Å². The Hall–Kier alpha value is -1.62. The average Bonchev–Trinajstić information content (AvgIpc) is 2.32. The smallest absolute Gasteiger partial charge is 0.257 e. The third-order valence-electron chi connectivity index (χ3n) is 3.35. The van der Waals surface area contributed by atoms with E-state index < -0.39 is 12.0 Å². The van der Waals surface area contributed by atoms with Gasteiger partial charge < -0.3 is 15.4 Å². The number of carbonyl (C=O) groups excluding carboxylic acids is 1. The highest BCUT2D eigenvalue weighted by atomic mass is 16.3. The first-order chi connectivity index (χ1) is 8.58. The standard InChI is InChI=1S/C13H18N2O3/c1-8-6-12(17)9(7-14-8)13(18)15-10-4-2-3-5-11(10)16/h6-7,10-11,16H,2-5H2,1H3,(H,14,17)(H,15,18). The number of aromatic amines is 1. The summed E-state index contributed by atoms with van der Waals surface area (Å²) in [7, 11) is 0. The van der Waals surface area contributed by atoms with Crippen molar-refractivity contribution >= 4 is 5.91 Å². The maximum Gasteiger partial charge on any atom is 0.257 e. The molecule has 5 nitrogen and oxygen atoms in total. The van der Waals surface area contributed by atoms with Gasteiger partial charge in [0, 0.05) is 18.0 Å². The molecule has 2 atom stereocenters. The molecule has 1 saturated carbocycles. The predicted octanol–water partition coefficient (Wildman–Crippen LogP) is 0.717. The number of hydrogen-bond acceptors (Lipinski definition) is 3. The van der Waals surface area contributed by atoms with Crippen LogP contribution in [0.4, 0.5) is 0 Å². The second-order valence-electron chi connectivity index (χ2n) is 4.83. The summed E-state index contributed by atoms with van der Waals surface area (Å²) in [6, 6.07) is 1.15. The van der Waals surface area contributed by atoms with Crippen molar-refractivity contribution in [2.75, 3.05) is 0 Å². The molecule has 0 bridgehead atoms. The van der Waals surface area contributed by atoms with Crippen LogP contribution in [0.3, 0.4) is 0 Å². The minimum Gasteiger partial charge on any atom is -0.391 e. The molecule has 1 aliphatic carbocycles. The van der Waals surface area contributed by atoms with Crippen molar-refractivity contribution in [3.05, 3.63) is 33.7 Å². The minimum atomic E-state index is -0.507. The first-order valence-corrected chi connectivity index (χ1v) is 6.26. The zero-order chi connectivity index (χ0) is 13.1. The van der Waals surface area contributed by atoms with Crippen molar-refractivity contribution in [1.29, 1.82) is 0 Å². The van der Waals surface area contributed by atoms with Crippen LogP contribution in [0.2, 0.25) is 0 Å². The Kier molecular flexibility index (Phi) is 3.81. The third kappa shape index (κ3) is 2.79. The van der Waals surface area contributed by atoms with Crippen LogP contribution in [-0.4, -0.2) is 28.1 Å². The van der Waals surface area contributed by atoms with Crippen LogP contribution >= 0.6 is 0 Å². The molecule has 1 amide bonds.